The van der Waals surface area contributed by atoms with E-state index in [0.717, 1.165) is 43.6 Å². The summed E-state index contributed by atoms with van der Waals surface area (Å²) in [4.78, 5) is 5.53. The molecule has 0 spiro atoms. The molecule has 0 aliphatic carbocycles. The first-order valence-electron chi connectivity index (χ1n) is 8.80. The molecule has 5 nitrogen and oxygen atoms in total. The first kappa shape index (κ1) is 20.0. The Hall–Kier alpha value is -1.70. The van der Waals surface area contributed by atoms with Crippen molar-refractivity contribution >= 4 is 33.5 Å². The lowest BCUT2D eigenvalue weighted by atomic mass is 10.1. The van der Waals surface area contributed by atoms with E-state index in [-0.39, 0.29) is 0 Å². The average Bonchev–Trinajstić information content (AvgIpc) is 2.68. The van der Waals surface area contributed by atoms with Crippen molar-refractivity contribution in [3.05, 3.63) is 52.0 Å². The fourth-order valence-electron chi connectivity index (χ4n) is 2.84. The molecule has 1 unspecified atom stereocenters. The molecule has 3 rings (SSSR count). The highest BCUT2D eigenvalue weighted by molar-refractivity contribution is 9.10. The minimum Gasteiger partial charge on any atom is -0.496 e. The van der Waals surface area contributed by atoms with Crippen molar-refractivity contribution < 1.29 is 14.6 Å². The lowest BCUT2D eigenvalue weighted by molar-refractivity contribution is 0.181. The van der Waals surface area contributed by atoms with E-state index in [1.807, 2.05) is 37.3 Å². The number of nitrogens with zero attached hydrogens (tertiary/aromatic N) is 1. The van der Waals surface area contributed by atoms with Crippen molar-refractivity contribution in [3.63, 3.8) is 0 Å². The molecule has 0 amide bonds. The van der Waals surface area contributed by atoms with Crippen LogP contribution in [0, 0.1) is 0 Å². The summed E-state index contributed by atoms with van der Waals surface area (Å²) in [6, 6.07) is 12.0. The van der Waals surface area contributed by atoms with Crippen LogP contribution in [0.2, 0.25) is 0 Å². The Morgan fingerprint density at radius 2 is 2.15 bits per heavy atom. The van der Waals surface area contributed by atoms with Crippen molar-refractivity contribution in [2.45, 2.75) is 23.7 Å². The molecule has 1 aliphatic heterocycles. The third-order valence-electron chi connectivity index (χ3n) is 4.11. The molecular formula is C20H23BrN2O3S. The Morgan fingerprint density at radius 1 is 1.30 bits per heavy atom. The van der Waals surface area contributed by atoms with Crippen LogP contribution in [0.15, 0.2) is 50.8 Å². The molecule has 144 valence electrons. The van der Waals surface area contributed by atoms with Crippen molar-refractivity contribution in [1.29, 1.82) is 0 Å². The summed E-state index contributed by atoms with van der Waals surface area (Å²) in [6.45, 7) is 3.48. The summed E-state index contributed by atoms with van der Waals surface area (Å²) in [5, 5.41) is 12.9. The number of benzene rings is 2. The highest BCUT2D eigenvalue weighted by atomic mass is 79.9. The second-order valence-corrected chi connectivity index (χ2v) is 7.94. The van der Waals surface area contributed by atoms with Gasteiger partial charge in [0.1, 0.15) is 17.3 Å². The lowest BCUT2D eigenvalue weighted by Gasteiger charge is -2.22. The smallest absolute Gasteiger partial charge is 0.133 e. The van der Waals surface area contributed by atoms with Gasteiger partial charge < -0.3 is 19.9 Å². The highest BCUT2D eigenvalue weighted by Gasteiger charge is 2.19. The van der Waals surface area contributed by atoms with E-state index in [2.05, 4.69) is 32.3 Å². The molecule has 1 aliphatic rings. The number of methoxy groups -OCH3 is 1. The summed E-state index contributed by atoms with van der Waals surface area (Å²) < 4.78 is 12.4. The summed E-state index contributed by atoms with van der Waals surface area (Å²) in [6.07, 6.45) is -0.439. The standard InChI is InChI=1S/C20H23BrN2O3S/c1-3-26-18-6-4-5-16(20-22-10-15(24)11-23-20)19(18)27-12-13-9-14(21)7-8-17(13)25-2/h4-9,15,24H,3,10-12H2,1-2H3,(H,22,23). The Balaban J connectivity index is 1.92. The number of hydrogen-bond acceptors (Lipinski definition) is 6. The van der Waals surface area contributed by atoms with Crippen LogP contribution in [0.25, 0.3) is 0 Å². The summed E-state index contributed by atoms with van der Waals surface area (Å²) >= 11 is 5.22. The Morgan fingerprint density at radius 3 is 2.85 bits per heavy atom. The Bertz CT molecular complexity index is 829. The molecule has 2 aromatic carbocycles. The number of aliphatic hydroxyl groups excluding tert-OH is 1. The fraction of sp³-hybridized carbons (Fsp3) is 0.350. The van der Waals surface area contributed by atoms with E-state index in [1.165, 1.54) is 0 Å². The van der Waals surface area contributed by atoms with Crippen LogP contribution >= 0.6 is 27.7 Å². The quantitative estimate of drug-likeness (QED) is 0.627. The van der Waals surface area contributed by atoms with Gasteiger partial charge in [-0.05, 0) is 37.3 Å². The summed E-state index contributed by atoms with van der Waals surface area (Å²) in [7, 11) is 1.68. The second-order valence-electron chi connectivity index (χ2n) is 6.03. The van der Waals surface area contributed by atoms with E-state index in [4.69, 9.17) is 9.47 Å². The number of amidine groups is 1. The first-order chi connectivity index (χ1) is 13.1. The zero-order valence-electron chi connectivity index (χ0n) is 15.4. The number of aliphatic hydroxyl groups is 1. The van der Waals surface area contributed by atoms with Crippen molar-refractivity contribution in [1.82, 2.24) is 5.32 Å². The molecule has 0 bridgehead atoms. The maximum atomic E-state index is 9.70. The van der Waals surface area contributed by atoms with Gasteiger partial charge in [0, 0.05) is 27.9 Å². The monoisotopic (exact) mass is 450 g/mol. The van der Waals surface area contributed by atoms with Crippen LogP contribution in [0.5, 0.6) is 11.5 Å². The number of rotatable bonds is 7. The Labute approximate surface area is 172 Å². The van der Waals surface area contributed by atoms with E-state index < -0.39 is 6.10 Å². The normalized spacial score (nSPS) is 16.4. The topological polar surface area (TPSA) is 63.1 Å². The van der Waals surface area contributed by atoms with Gasteiger partial charge in [-0.3, -0.25) is 4.99 Å². The number of ether oxygens (including phenoxy) is 2. The number of hydrogen-bond donors (Lipinski definition) is 2. The van der Waals surface area contributed by atoms with Crippen LogP contribution in [0.4, 0.5) is 0 Å². The van der Waals surface area contributed by atoms with Gasteiger partial charge in [-0.2, -0.15) is 0 Å². The summed E-state index contributed by atoms with van der Waals surface area (Å²) in [5.74, 6) is 3.22. The molecule has 0 radical (unpaired) electrons. The predicted octanol–water partition coefficient (Wildman–Crippen LogP) is 3.86. The van der Waals surface area contributed by atoms with Crippen LogP contribution in [-0.2, 0) is 5.75 Å². The van der Waals surface area contributed by atoms with Crippen LogP contribution in [-0.4, -0.2) is 43.9 Å². The van der Waals surface area contributed by atoms with Crippen LogP contribution in [0.3, 0.4) is 0 Å². The third-order valence-corrected chi connectivity index (χ3v) is 5.77. The number of halogens is 1. The molecular weight excluding hydrogens is 428 g/mol. The average molecular weight is 451 g/mol. The molecule has 27 heavy (non-hydrogen) atoms. The largest absolute Gasteiger partial charge is 0.496 e. The van der Waals surface area contributed by atoms with Gasteiger partial charge >= 0.3 is 0 Å². The molecule has 0 saturated heterocycles. The molecule has 7 heteroatoms. The second kappa shape index (κ2) is 9.48. The molecule has 0 aromatic heterocycles. The van der Waals surface area contributed by atoms with E-state index in [1.54, 1.807) is 18.9 Å². The van der Waals surface area contributed by atoms with E-state index >= 15 is 0 Å². The SMILES string of the molecule is CCOc1cccc(C2=NCC(O)CN2)c1SCc1cc(Br)ccc1OC. The molecule has 2 N–H and O–H groups in total. The van der Waals surface area contributed by atoms with Crippen molar-refractivity contribution in [2.24, 2.45) is 4.99 Å². The van der Waals surface area contributed by atoms with Gasteiger partial charge in [-0.1, -0.05) is 22.0 Å². The van der Waals surface area contributed by atoms with Crippen molar-refractivity contribution in [3.8, 4) is 11.5 Å². The lowest BCUT2D eigenvalue weighted by Crippen LogP contribution is -2.39. The third kappa shape index (κ3) is 4.97. The molecule has 2 aromatic rings. The van der Waals surface area contributed by atoms with Gasteiger partial charge in [-0.25, -0.2) is 0 Å². The highest BCUT2D eigenvalue weighted by Crippen LogP contribution is 2.37. The number of aliphatic imine (C=N–C) groups is 1. The zero-order valence-corrected chi connectivity index (χ0v) is 17.8. The fourth-order valence-corrected chi connectivity index (χ4v) is 4.37. The van der Waals surface area contributed by atoms with E-state index in [9.17, 15) is 5.11 Å². The Kier molecular flexibility index (Phi) is 7.04. The molecule has 0 saturated carbocycles. The predicted molar refractivity (Wildman–Crippen MR) is 113 cm³/mol. The minimum absolute atomic E-state index is 0.407. The molecule has 0 fully saturated rings. The number of β-amino-alcohol motifs (C(OH)–C–C–N with tert-alkyl or cyclic N) is 1. The van der Waals surface area contributed by atoms with Gasteiger partial charge in [0.25, 0.3) is 0 Å². The van der Waals surface area contributed by atoms with Gasteiger partial charge in [-0.15, -0.1) is 11.8 Å². The van der Waals surface area contributed by atoms with Crippen molar-refractivity contribution in [2.75, 3.05) is 26.8 Å². The van der Waals surface area contributed by atoms with E-state index in [0.29, 0.717) is 19.7 Å². The molecule has 1 atom stereocenters. The first-order valence-corrected chi connectivity index (χ1v) is 10.6. The van der Waals surface area contributed by atoms with Gasteiger partial charge in [0.2, 0.25) is 0 Å². The maximum absolute atomic E-state index is 9.70. The zero-order chi connectivity index (χ0) is 19.2. The molecule has 1 heterocycles. The van der Waals surface area contributed by atoms with Crippen LogP contribution < -0.4 is 14.8 Å². The number of nitrogens with one attached hydrogen (secondary N) is 1. The number of thioether (sulfide) groups is 1. The van der Waals surface area contributed by atoms with Crippen LogP contribution in [0.1, 0.15) is 18.1 Å². The van der Waals surface area contributed by atoms with Gasteiger partial charge in [0.05, 0.1) is 31.3 Å². The summed E-state index contributed by atoms with van der Waals surface area (Å²) in [5.41, 5.74) is 2.09. The minimum atomic E-state index is -0.439. The van der Waals surface area contributed by atoms with Gasteiger partial charge in [0.15, 0.2) is 0 Å². The maximum Gasteiger partial charge on any atom is 0.133 e.